The van der Waals surface area contributed by atoms with Gasteiger partial charge >= 0.3 is 0 Å². The summed E-state index contributed by atoms with van der Waals surface area (Å²) in [7, 11) is 0. The van der Waals surface area contributed by atoms with Gasteiger partial charge in [-0.15, -0.1) is 0 Å². The Morgan fingerprint density at radius 1 is 1.21 bits per heavy atom. The van der Waals surface area contributed by atoms with E-state index in [2.05, 4.69) is 36.4 Å². The van der Waals surface area contributed by atoms with Crippen molar-refractivity contribution in [2.45, 2.75) is 25.6 Å². The highest BCUT2D eigenvalue weighted by molar-refractivity contribution is 9.10. The van der Waals surface area contributed by atoms with Crippen LogP contribution in [0.4, 0.5) is 5.69 Å². The average Bonchev–Trinajstić information content (AvgIpc) is 2.77. The second-order valence-corrected chi connectivity index (χ2v) is 8.77. The second-order valence-electron chi connectivity index (χ2n) is 6.91. The molecule has 1 N–H and O–H groups in total. The fraction of sp³-hybridized carbons (Fsp3) is 0.182. The number of halogens is 1. The number of hydrogen-bond acceptors (Lipinski definition) is 8. The van der Waals surface area contributed by atoms with E-state index in [0.29, 0.717) is 22.0 Å². The Kier molecular flexibility index (Phi) is 8.50. The Morgan fingerprint density at radius 3 is 2.70 bits per heavy atom. The molecule has 0 aliphatic heterocycles. The third kappa shape index (κ3) is 7.65. The van der Waals surface area contributed by atoms with Crippen LogP contribution in [0.1, 0.15) is 22.5 Å². The molecule has 0 saturated heterocycles. The molecule has 0 fully saturated rings. The zero-order valence-electron chi connectivity index (χ0n) is 17.8. The van der Waals surface area contributed by atoms with Crippen LogP contribution >= 0.6 is 27.7 Å². The highest BCUT2D eigenvalue weighted by Crippen LogP contribution is 2.23. The third-order valence-electron chi connectivity index (χ3n) is 4.17. The monoisotopic (exact) mass is 529 g/mol. The van der Waals surface area contributed by atoms with Gasteiger partial charge in [-0.3, -0.25) is 14.9 Å². The van der Waals surface area contributed by atoms with Gasteiger partial charge in [0.05, 0.1) is 16.9 Å². The van der Waals surface area contributed by atoms with Gasteiger partial charge in [0.1, 0.15) is 12.4 Å². The number of aromatic nitrogens is 2. The number of hydrogen-bond donors (Lipinski definition) is 1. The smallest absolute Gasteiger partial charge is 0.269 e. The fourth-order valence-electron chi connectivity index (χ4n) is 2.77. The highest BCUT2D eigenvalue weighted by atomic mass is 79.9. The van der Waals surface area contributed by atoms with Crippen molar-refractivity contribution >= 4 is 45.5 Å². The maximum Gasteiger partial charge on any atom is 0.269 e. The molecule has 9 nitrogen and oxygen atoms in total. The van der Waals surface area contributed by atoms with Crippen molar-refractivity contribution in [2.24, 2.45) is 5.10 Å². The fourth-order valence-corrected chi connectivity index (χ4v) is 3.89. The van der Waals surface area contributed by atoms with Crippen LogP contribution < -0.4 is 10.2 Å². The lowest BCUT2D eigenvalue weighted by molar-refractivity contribution is -0.384. The van der Waals surface area contributed by atoms with Crippen molar-refractivity contribution in [3.05, 3.63) is 85.6 Å². The summed E-state index contributed by atoms with van der Waals surface area (Å²) < 4.78 is 6.64. The van der Waals surface area contributed by atoms with Gasteiger partial charge in [0, 0.05) is 33.6 Å². The highest BCUT2D eigenvalue weighted by Gasteiger charge is 2.09. The molecule has 2 aromatic carbocycles. The number of aryl methyl sites for hydroxylation is 2. The quantitative estimate of drug-likeness (QED) is 0.141. The van der Waals surface area contributed by atoms with Gasteiger partial charge < -0.3 is 4.74 Å². The number of hydrazone groups is 1. The molecule has 0 radical (unpaired) electrons. The lowest BCUT2D eigenvalue weighted by atomic mass is 10.2. The largest absolute Gasteiger partial charge is 0.488 e. The van der Waals surface area contributed by atoms with E-state index in [1.54, 1.807) is 30.3 Å². The number of nitrogens with zero attached hydrogens (tertiary/aromatic N) is 4. The molecule has 1 amide bonds. The van der Waals surface area contributed by atoms with Crippen molar-refractivity contribution < 1.29 is 14.5 Å². The molecular weight excluding hydrogens is 510 g/mol. The number of nitrogens with one attached hydrogen (secondary N) is 1. The molecule has 0 aliphatic carbocycles. The molecule has 3 rings (SSSR count). The topological polar surface area (TPSA) is 120 Å². The number of carbonyl (C=O) groups excluding carboxylic acids is 1. The summed E-state index contributed by atoms with van der Waals surface area (Å²) in [6.45, 7) is 3.89. The summed E-state index contributed by atoms with van der Waals surface area (Å²) in [6.07, 6.45) is 1.48. The average molecular weight is 530 g/mol. The number of nitro benzene ring substituents is 1. The normalized spacial score (nSPS) is 10.9. The number of carbonyl (C=O) groups is 1. The zero-order valence-corrected chi connectivity index (χ0v) is 20.2. The maximum atomic E-state index is 12.1. The number of rotatable bonds is 9. The summed E-state index contributed by atoms with van der Waals surface area (Å²) in [4.78, 5) is 31.2. The lowest BCUT2D eigenvalue weighted by Gasteiger charge is -2.10. The molecule has 11 heteroatoms. The van der Waals surface area contributed by atoms with Crippen LogP contribution in [-0.4, -0.2) is 32.8 Å². The number of ether oxygens (including phenoxy) is 1. The van der Waals surface area contributed by atoms with Gasteiger partial charge in [0.2, 0.25) is 0 Å². The first kappa shape index (κ1) is 24.3. The van der Waals surface area contributed by atoms with Crippen LogP contribution in [0.15, 0.2) is 63.3 Å². The molecule has 3 aromatic rings. The van der Waals surface area contributed by atoms with Crippen molar-refractivity contribution in [3.8, 4) is 5.75 Å². The summed E-state index contributed by atoms with van der Waals surface area (Å²) in [5.41, 5.74) is 5.45. The summed E-state index contributed by atoms with van der Waals surface area (Å²) in [6, 6.07) is 13.4. The predicted molar refractivity (Wildman–Crippen MR) is 130 cm³/mol. The minimum atomic E-state index is -0.450. The first-order valence-electron chi connectivity index (χ1n) is 9.73. The number of thioether (sulfide) groups is 1. The molecule has 0 aliphatic rings. The maximum absolute atomic E-state index is 12.1. The number of nitro groups is 1. The van der Waals surface area contributed by atoms with E-state index < -0.39 is 4.92 Å². The zero-order chi connectivity index (χ0) is 23.8. The standard InChI is InChI=1S/C22H20BrN5O4S/c1-14-8-15(2)26-22(25-14)33-13-21(29)27-24-11-17-10-18(23)6-7-20(17)32-12-16-4-3-5-19(9-16)28(30)31/h3-11H,12-13H2,1-2H3,(H,27,29)/b24-11-. The third-order valence-corrected chi connectivity index (χ3v) is 5.52. The van der Waals surface area contributed by atoms with Crippen LogP contribution in [0.2, 0.25) is 0 Å². The SMILES string of the molecule is Cc1cc(C)nc(SCC(=O)N/N=C\c2cc(Br)ccc2OCc2cccc([N+](=O)[O-])c2)n1. The van der Waals surface area contributed by atoms with E-state index >= 15 is 0 Å². The Hall–Kier alpha value is -3.31. The molecule has 1 heterocycles. The Balaban J connectivity index is 1.59. The van der Waals surface area contributed by atoms with Crippen LogP contribution in [0.3, 0.4) is 0 Å². The van der Waals surface area contributed by atoms with Crippen LogP contribution in [0.25, 0.3) is 0 Å². The predicted octanol–water partition coefficient (Wildman–Crippen LogP) is 4.59. The Morgan fingerprint density at radius 2 is 1.97 bits per heavy atom. The van der Waals surface area contributed by atoms with Crippen LogP contribution in [-0.2, 0) is 11.4 Å². The molecular formula is C22H20BrN5O4S. The van der Waals surface area contributed by atoms with E-state index in [1.165, 1.54) is 30.1 Å². The van der Waals surface area contributed by atoms with Gasteiger partial charge in [-0.1, -0.05) is 39.8 Å². The van der Waals surface area contributed by atoms with Crippen LogP contribution in [0.5, 0.6) is 5.75 Å². The van der Waals surface area contributed by atoms with Crippen molar-refractivity contribution in [2.75, 3.05) is 5.75 Å². The lowest BCUT2D eigenvalue weighted by Crippen LogP contribution is -2.20. The van der Waals surface area contributed by atoms with Gasteiger partial charge in [-0.25, -0.2) is 15.4 Å². The Labute approximate surface area is 203 Å². The van der Waals surface area contributed by atoms with Crippen molar-refractivity contribution in [1.82, 2.24) is 15.4 Å². The number of benzene rings is 2. The van der Waals surface area contributed by atoms with Gasteiger partial charge in [-0.2, -0.15) is 5.10 Å². The molecule has 33 heavy (non-hydrogen) atoms. The minimum absolute atomic E-state index is 0.000461. The Bertz CT molecular complexity index is 1180. The van der Waals surface area contributed by atoms with E-state index in [0.717, 1.165) is 15.9 Å². The number of non-ortho nitro benzene ring substituents is 1. The van der Waals surface area contributed by atoms with E-state index in [9.17, 15) is 14.9 Å². The summed E-state index contributed by atoms with van der Waals surface area (Å²) in [5.74, 6) is 0.336. The van der Waals surface area contributed by atoms with Gasteiger partial charge in [0.25, 0.3) is 11.6 Å². The van der Waals surface area contributed by atoms with E-state index in [4.69, 9.17) is 4.74 Å². The van der Waals surface area contributed by atoms with E-state index in [1.807, 2.05) is 19.9 Å². The van der Waals surface area contributed by atoms with E-state index in [-0.39, 0.29) is 24.0 Å². The molecule has 1 aromatic heterocycles. The second kappa shape index (κ2) is 11.5. The van der Waals surface area contributed by atoms with Crippen molar-refractivity contribution in [1.29, 1.82) is 0 Å². The molecule has 0 unspecified atom stereocenters. The van der Waals surface area contributed by atoms with Crippen LogP contribution in [0, 0.1) is 24.0 Å². The first-order chi connectivity index (χ1) is 15.8. The molecule has 0 atom stereocenters. The number of amides is 1. The van der Waals surface area contributed by atoms with Crippen molar-refractivity contribution in [3.63, 3.8) is 0 Å². The molecule has 0 saturated carbocycles. The molecule has 0 spiro atoms. The van der Waals surface area contributed by atoms with Gasteiger partial charge in [-0.05, 0) is 43.7 Å². The summed E-state index contributed by atoms with van der Waals surface area (Å²) >= 11 is 4.63. The molecule has 170 valence electrons. The van der Waals surface area contributed by atoms with Gasteiger partial charge in [0.15, 0.2) is 5.16 Å². The molecule has 0 bridgehead atoms. The minimum Gasteiger partial charge on any atom is -0.488 e. The summed E-state index contributed by atoms with van der Waals surface area (Å²) in [5, 5.41) is 15.5. The first-order valence-corrected chi connectivity index (χ1v) is 11.5.